The van der Waals surface area contributed by atoms with E-state index in [1.165, 1.54) is 18.4 Å². The standard InChI is InChI=1S/C19H25ClN2O2/c20-16-6-1-14(2-7-16)3-8-19(23)21-9-10-22-17(11-21)12-24-13-18(22)15-4-5-15/h1-2,6-7,15,17-18H,3-5,8-13H2/t17-,18-/m1/s1. The third kappa shape index (κ3) is 3.61. The highest BCUT2D eigenvalue weighted by atomic mass is 35.5. The Balaban J connectivity index is 1.30. The van der Waals surface area contributed by atoms with Crippen LogP contribution in [0, 0.1) is 5.92 Å². The second kappa shape index (κ2) is 7.03. The molecule has 2 saturated heterocycles. The first-order valence-corrected chi connectivity index (χ1v) is 9.44. The van der Waals surface area contributed by atoms with Crippen molar-refractivity contribution >= 4 is 17.5 Å². The summed E-state index contributed by atoms with van der Waals surface area (Å²) in [6.07, 6.45) is 4.05. The minimum Gasteiger partial charge on any atom is -0.378 e. The highest BCUT2D eigenvalue weighted by molar-refractivity contribution is 6.30. The molecule has 1 amide bonds. The summed E-state index contributed by atoms with van der Waals surface area (Å²) in [5.74, 6) is 1.10. The molecular formula is C19H25ClN2O2. The minimum absolute atomic E-state index is 0.262. The van der Waals surface area contributed by atoms with Gasteiger partial charge in [0.25, 0.3) is 0 Å². The highest BCUT2D eigenvalue weighted by Crippen LogP contribution is 2.38. The molecule has 1 saturated carbocycles. The normalized spacial score (nSPS) is 27.8. The highest BCUT2D eigenvalue weighted by Gasteiger charge is 2.43. The van der Waals surface area contributed by atoms with Gasteiger partial charge in [-0.3, -0.25) is 9.69 Å². The molecular weight excluding hydrogens is 324 g/mol. The van der Waals surface area contributed by atoms with Crippen LogP contribution in [0.4, 0.5) is 0 Å². The van der Waals surface area contributed by atoms with Crippen LogP contribution in [0.3, 0.4) is 0 Å². The fraction of sp³-hybridized carbons (Fsp3) is 0.632. The molecule has 2 heterocycles. The van der Waals surface area contributed by atoms with Crippen LogP contribution in [-0.4, -0.2) is 60.6 Å². The fourth-order valence-corrected chi connectivity index (χ4v) is 4.18. The predicted octanol–water partition coefficient (Wildman–Crippen LogP) is 2.59. The Kier molecular flexibility index (Phi) is 4.79. The number of carbonyl (C=O) groups is 1. The second-order valence-corrected chi connectivity index (χ2v) is 7.74. The van der Waals surface area contributed by atoms with Crippen molar-refractivity contribution in [2.24, 2.45) is 5.92 Å². The number of rotatable bonds is 4. The fourth-order valence-electron chi connectivity index (χ4n) is 4.05. The summed E-state index contributed by atoms with van der Waals surface area (Å²) >= 11 is 5.91. The van der Waals surface area contributed by atoms with Gasteiger partial charge in [-0.1, -0.05) is 23.7 Å². The topological polar surface area (TPSA) is 32.8 Å². The van der Waals surface area contributed by atoms with Gasteiger partial charge >= 0.3 is 0 Å². The Morgan fingerprint density at radius 2 is 1.96 bits per heavy atom. The molecule has 0 bridgehead atoms. The maximum Gasteiger partial charge on any atom is 0.223 e. The van der Waals surface area contributed by atoms with Crippen LogP contribution in [-0.2, 0) is 16.0 Å². The number of aryl methyl sites for hydroxylation is 1. The summed E-state index contributed by atoms with van der Waals surface area (Å²) in [4.78, 5) is 17.2. The van der Waals surface area contributed by atoms with Gasteiger partial charge in [0.15, 0.2) is 0 Å². The number of carbonyl (C=O) groups excluding carboxylic acids is 1. The summed E-state index contributed by atoms with van der Waals surface area (Å²) in [5.41, 5.74) is 1.17. The second-order valence-electron chi connectivity index (χ2n) is 7.30. The molecule has 24 heavy (non-hydrogen) atoms. The number of piperazine rings is 1. The molecule has 0 unspecified atom stereocenters. The number of hydrogen-bond donors (Lipinski definition) is 0. The first-order valence-electron chi connectivity index (χ1n) is 9.06. The van der Waals surface area contributed by atoms with Crippen molar-refractivity contribution in [2.45, 2.75) is 37.8 Å². The lowest BCUT2D eigenvalue weighted by atomic mass is 10.0. The van der Waals surface area contributed by atoms with Gasteiger partial charge in [-0.2, -0.15) is 0 Å². The smallest absolute Gasteiger partial charge is 0.223 e. The molecule has 2 atom stereocenters. The molecule has 4 nitrogen and oxygen atoms in total. The van der Waals surface area contributed by atoms with Crippen molar-refractivity contribution in [3.63, 3.8) is 0 Å². The summed E-state index contributed by atoms with van der Waals surface area (Å²) < 4.78 is 5.83. The molecule has 1 aliphatic carbocycles. The van der Waals surface area contributed by atoms with Gasteiger partial charge in [-0.15, -0.1) is 0 Å². The van der Waals surface area contributed by atoms with Crippen molar-refractivity contribution < 1.29 is 9.53 Å². The molecule has 0 radical (unpaired) electrons. The molecule has 0 aromatic heterocycles. The lowest BCUT2D eigenvalue weighted by Gasteiger charge is -2.48. The number of halogens is 1. The van der Waals surface area contributed by atoms with E-state index < -0.39 is 0 Å². The van der Waals surface area contributed by atoms with E-state index in [-0.39, 0.29) is 5.91 Å². The van der Waals surface area contributed by atoms with E-state index in [0.29, 0.717) is 18.5 Å². The summed E-state index contributed by atoms with van der Waals surface area (Å²) in [5, 5.41) is 0.740. The molecule has 0 N–H and O–H groups in total. The Labute approximate surface area is 148 Å². The number of fused-ring (bicyclic) bond motifs is 1. The van der Waals surface area contributed by atoms with Crippen LogP contribution < -0.4 is 0 Å². The Morgan fingerprint density at radius 3 is 2.71 bits per heavy atom. The predicted molar refractivity (Wildman–Crippen MR) is 94.2 cm³/mol. The molecule has 3 aliphatic rings. The summed E-state index contributed by atoms with van der Waals surface area (Å²) in [7, 11) is 0. The lowest BCUT2D eigenvalue weighted by molar-refractivity contribution is -0.140. The number of hydrogen-bond acceptors (Lipinski definition) is 3. The van der Waals surface area contributed by atoms with Gasteiger partial charge in [-0.05, 0) is 42.9 Å². The van der Waals surface area contributed by atoms with Crippen LogP contribution in [0.15, 0.2) is 24.3 Å². The van der Waals surface area contributed by atoms with Crippen molar-refractivity contribution in [1.82, 2.24) is 9.80 Å². The Bertz CT molecular complexity index is 588. The Morgan fingerprint density at radius 1 is 1.17 bits per heavy atom. The molecule has 130 valence electrons. The van der Waals surface area contributed by atoms with Gasteiger partial charge in [0, 0.05) is 37.1 Å². The van der Waals surface area contributed by atoms with Crippen LogP contribution in [0.2, 0.25) is 5.02 Å². The Hall–Kier alpha value is -1.10. The minimum atomic E-state index is 0.262. The van der Waals surface area contributed by atoms with Crippen molar-refractivity contribution in [3.05, 3.63) is 34.9 Å². The lowest BCUT2D eigenvalue weighted by Crippen LogP contribution is -2.63. The van der Waals surface area contributed by atoms with Crippen molar-refractivity contribution in [1.29, 1.82) is 0 Å². The van der Waals surface area contributed by atoms with Gasteiger partial charge in [-0.25, -0.2) is 0 Å². The molecule has 4 rings (SSSR count). The van der Waals surface area contributed by atoms with E-state index in [1.807, 2.05) is 29.2 Å². The van der Waals surface area contributed by atoms with Crippen molar-refractivity contribution in [3.8, 4) is 0 Å². The molecule has 2 aliphatic heterocycles. The quantitative estimate of drug-likeness (QED) is 0.838. The van der Waals surface area contributed by atoms with Gasteiger partial charge in [0.2, 0.25) is 5.91 Å². The maximum absolute atomic E-state index is 12.6. The average Bonchev–Trinajstić information content (AvgIpc) is 3.45. The zero-order chi connectivity index (χ0) is 16.5. The van der Waals surface area contributed by atoms with Gasteiger partial charge in [0.1, 0.15) is 0 Å². The first-order chi connectivity index (χ1) is 11.7. The zero-order valence-electron chi connectivity index (χ0n) is 14.0. The van der Waals surface area contributed by atoms with E-state index in [2.05, 4.69) is 4.90 Å². The van der Waals surface area contributed by atoms with E-state index in [9.17, 15) is 4.79 Å². The number of nitrogens with zero attached hydrogens (tertiary/aromatic N) is 2. The van der Waals surface area contributed by atoms with E-state index in [1.54, 1.807) is 0 Å². The van der Waals surface area contributed by atoms with Crippen LogP contribution in [0.25, 0.3) is 0 Å². The molecule has 5 heteroatoms. The summed E-state index contributed by atoms with van der Waals surface area (Å²) in [6.45, 7) is 4.33. The van der Waals surface area contributed by atoms with E-state index >= 15 is 0 Å². The largest absolute Gasteiger partial charge is 0.378 e. The first kappa shape index (κ1) is 16.4. The summed E-state index contributed by atoms with van der Waals surface area (Å²) in [6, 6.07) is 8.76. The number of amides is 1. The maximum atomic E-state index is 12.6. The van der Waals surface area contributed by atoms with E-state index in [0.717, 1.165) is 50.2 Å². The average molecular weight is 349 g/mol. The molecule has 0 spiro atoms. The van der Waals surface area contributed by atoms with Crippen LogP contribution >= 0.6 is 11.6 Å². The van der Waals surface area contributed by atoms with Crippen LogP contribution in [0.5, 0.6) is 0 Å². The number of morpholine rings is 1. The number of benzene rings is 1. The SMILES string of the molecule is O=C(CCc1ccc(Cl)cc1)N1CCN2[C@@H](COC[C@@H]2C2CC2)C1. The molecule has 1 aromatic carbocycles. The molecule has 1 aromatic rings. The van der Waals surface area contributed by atoms with Crippen molar-refractivity contribution in [2.75, 3.05) is 32.8 Å². The molecule has 3 fully saturated rings. The monoisotopic (exact) mass is 348 g/mol. The number of ether oxygens (including phenoxy) is 1. The third-order valence-electron chi connectivity index (χ3n) is 5.61. The zero-order valence-corrected chi connectivity index (χ0v) is 14.8. The van der Waals surface area contributed by atoms with Gasteiger partial charge < -0.3 is 9.64 Å². The van der Waals surface area contributed by atoms with Crippen LogP contribution in [0.1, 0.15) is 24.8 Å². The third-order valence-corrected chi connectivity index (χ3v) is 5.86. The van der Waals surface area contributed by atoms with Gasteiger partial charge in [0.05, 0.1) is 19.3 Å². The van der Waals surface area contributed by atoms with E-state index in [4.69, 9.17) is 16.3 Å².